The van der Waals surface area contributed by atoms with Gasteiger partial charge in [0.2, 0.25) is 0 Å². The first kappa shape index (κ1) is 9.92. The van der Waals surface area contributed by atoms with Crippen LogP contribution < -0.4 is 0 Å². The number of ether oxygens (including phenoxy) is 1. The van der Waals surface area contributed by atoms with E-state index in [2.05, 4.69) is 19.0 Å². The van der Waals surface area contributed by atoms with Crippen molar-refractivity contribution in [1.82, 2.24) is 4.90 Å². The molecule has 0 aromatic carbocycles. The van der Waals surface area contributed by atoms with Gasteiger partial charge in [-0.05, 0) is 40.4 Å². The van der Waals surface area contributed by atoms with Gasteiger partial charge >= 0.3 is 0 Å². The van der Waals surface area contributed by atoms with Gasteiger partial charge in [-0.15, -0.1) is 0 Å². The van der Waals surface area contributed by atoms with E-state index in [1.54, 1.807) is 0 Å². The van der Waals surface area contributed by atoms with Gasteiger partial charge in [-0.1, -0.05) is 0 Å². The smallest absolute Gasteiger partial charge is 0.0466 e. The summed E-state index contributed by atoms with van der Waals surface area (Å²) in [6.45, 7) is 4.98. The molecular formula is C8H19NO. The number of rotatable bonds is 6. The molecule has 0 N–H and O–H groups in total. The normalized spacial score (nSPS) is 10.8. The maximum atomic E-state index is 5.20. The summed E-state index contributed by atoms with van der Waals surface area (Å²) in [5.41, 5.74) is 0. The van der Waals surface area contributed by atoms with Crippen molar-refractivity contribution in [2.75, 3.05) is 33.9 Å². The average molecular weight is 145 g/mol. The summed E-state index contributed by atoms with van der Waals surface area (Å²) < 4.78 is 5.20. The Hall–Kier alpha value is -0.0800. The van der Waals surface area contributed by atoms with Crippen molar-refractivity contribution >= 4 is 0 Å². The second-order valence-electron chi connectivity index (χ2n) is 2.71. The fraction of sp³-hybridized carbons (Fsp3) is 1.00. The van der Waals surface area contributed by atoms with Crippen LogP contribution in [0, 0.1) is 0 Å². The molecule has 0 aromatic rings. The van der Waals surface area contributed by atoms with Gasteiger partial charge in [0.25, 0.3) is 0 Å². The zero-order chi connectivity index (χ0) is 7.82. The number of nitrogens with zero attached hydrogens (tertiary/aromatic N) is 1. The molecule has 0 unspecified atom stereocenters. The predicted octanol–water partition coefficient (Wildman–Crippen LogP) is 1.36. The van der Waals surface area contributed by atoms with E-state index in [0.717, 1.165) is 13.2 Å². The molecule has 10 heavy (non-hydrogen) atoms. The third kappa shape index (κ3) is 7.92. The van der Waals surface area contributed by atoms with Crippen LogP contribution in [0.25, 0.3) is 0 Å². The van der Waals surface area contributed by atoms with E-state index in [4.69, 9.17) is 4.74 Å². The van der Waals surface area contributed by atoms with Gasteiger partial charge in [-0.2, -0.15) is 0 Å². The van der Waals surface area contributed by atoms with E-state index >= 15 is 0 Å². The number of hydrogen-bond acceptors (Lipinski definition) is 2. The van der Waals surface area contributed by atoms with Crippen LogP contribution in [0.4, 0.5) is 0 Å². The second kappa shape index (κ2) is 7.03. The molecule has 0 saturated carbocycles. The van der Waals surface area contributed by atoms with E-state index in [-0.39, 0.29) is 0 Å². The molecule has 0 radical (unpaired) electrons. The molecular weight excluding hydrogens is 126 g/mol. The molecule has 0 heterocycles. The molecule has 2 heteroatoms. The fourth-order valence-corrected chi connectivity index (χ4v) is 0.776. The highest BCUT2D eigenvalue weighted by atomic mass is 16.5. The zero-order valence-electron chi connectivity index (χ0n) is 7.39. The van der Waals surface area contributed by atoms with Crippen molar-refractivity contribution in [1.29, 1.82) is 0 Å². The topological polar surface area (TPSA) is 12.5 Å². The summed E-state index contributed by atoms with van der Waals surface area (Å²) in [7, 11) is 4.20. The minimum atomic E-state index is 0.849. The lowest BCUT2D eigenvalue weighted by Gasteiger charge is -2.08. The third-order valence-electron chi connectivity index (χ3n) is 1.35. The van der Waals surface area contributed by atoms with Crippen LogP contribution in [-0.2, 0) is 4.74 Å². The van der Waals surface area contributed by atoms with Crippen LogP contribution in [0.15, 0.2) is 0 Å². The molecule has 0 aromatic heterocycles. The van der Waals surface area contributed by atoms with Gasteiger partial charge in [-0.3, -0.25) is 0 Å². The average Bonchev–Trinajstić information content (AvgIpc) is 1.87. The highest BCUT2D eigenvalue weighted by molar-refractivity contribution is 4.43. The Labute approximate surface area is 64.2 Å². The van der Waals surface area contributed by atoms with Crippen LogP contribution in [0.1, 0.15) is 19.8 Å². The Morgan fingerprint density at radius 1 is 1.20 bits per heavy atom. The van der Waals surface area contributed by atoms with Gasteiger partial charge in [-0.25, -0.2) is 0 Å². The highest BCUT2D eigenvalue weighted by Crippen LogP contribution is 1.90. The van der Waals surface area contributed by atoms with Crippen LogP contribution >= 0.6 is 0 Å². The van der Waals surface area contributed by atoms with Gasteiger partial charge in [0.05, 0.1) is 0 Å². The summed E-state index contributed by atoms with van der Waals surface area (Å²) in [5.74, 6) is 0. The van der Waals surface area contributed by atoms with Crippen LogP contribution in [-0.4, -0.2) is 38.8 Å². The molecule has 0 saturated heterocycles. The monoisotopic (exact) mass is 145 g/mol. The quantitative estimate of drug-likeness (QED) is 0.523. The molecule has 0 spiro atoms. The van der Waals surface area contributed by atoms with Crippen molar-refractivity contribution < 1.29 is 4.74 Å². The first-order valence-corrected chi connectivity index (χ1v) is 4.00. The van der Waals surface area contributed by atoms with Crippen molar-refractivity contribution in [3.63, 3.8) is 0 Å². The number of unbranched alkanes of at least 4 members (excludes halogenated alkanes) is 1. The Bertz CT molecular complexity index is 64.3. The van der Waals surface area contributed by atoms with Crippen molar-refractivity contribution in [2.24, 2.45) is 0 Å². The van der Waals surface area contributed by atoms with E-state index in [9.17, 15) is 0 Å². The second-order valence-corrected chi connectivity index (χ2v) is 2.71. The predicted molar refractivity (Wildman–Crippen MR) is 44.3 cm³/mol. The first-order chi connectivity index (χ1) is 4.77. The molecule has 0 rings (SSSR count). The van der Waals surface area contributed by atoms with Crippen molar-refractivity contribution in [3.05, 3.63) is 0 Å². The van der Waals surface area contributed by atoms with E-state index in [0.29, 0.717) is 0 Å². The zero-order valence-corrected chi connectivity index (χ0v) is 7.39. The van der Waals surface area contributed by atoms with Crippen molar-refractivity contribution in [2.45, 2.75) is 19.8 Å². The first-order valence-electron chi connectivity index (χ1n) is 4.00. The largest absolute Gasteiger partial charge is 0.382 e. The maximum absolute atomic E-state index is 5.20. The summed E-state index contributed by atoms with van der Waals surface area (Å²) >= 11 is 0. The highest BCUT2D eigenvalue weighted by Gasteiger charge is 1.89. The molecule has 0 aliphatic rings. The Morgan fingerprint density at radius 2 is 1.90 bits per heavy atom. The molecule has 62 valence electrons. The molecule has 0 bridgehead atoms. The molecule has 0 fully saturated rings. The molecule has 0 aliphatic carbocycles. The Balaban J connectivity index is 2.77. The summed E-state index contributed by atoms with van der Waals surface area (Å²) in [4.78, 5) is 2.20. The minimum absolute atomic E-state index is 0.849. The molecule has 0 atom stereocenters. The van der Waals surface area contributed by atoms with Gasteiger partial charge in [0, 0.05) is 13.2 Å². The van der Waals surface area contributed by atoms with E-state index < -0.39 is 0 Å². The standard InChI is InChI=1S/C8H19NO/c1-4-10-8-6-5-7-9(2)3/h4-8H2,1-3H3. The van der Waals surface area contributed by atoms with Gasteiger partial charge in [0.1, 0.15) is 0 Å². The summed E-state index contributed by atoms with van der Waals surface area (Å²) in [6.07, 6.45) is 2.43. The molecule has 0 amide bonds. The van der Waals surface area contributed by atoms with E-state index in [1.165, 1.54) is 19.4 Å². The summed E-state index contributed by atoms with van der Waals surface area (Å²) in [5, 5.41) is 0. The van der Waals surface area contributed by atoms with Crippen LogP contribution in [0.5, 0.6) is 0 Å². The number of hydrogen-bond donors (Lipinski definition) is 0. The van der Waals surface area contributed by atoms with E-state index in [1.807, 2.05) is 6.92 Å². The fourth-order valence-electron chi connectivity index (χ4n) is 0.776. The SMILES string of the molecule is CCOCCCCN(C)C. The third-order valence-corrected chi connectivity index (χ3v) is 1.35. The summed E-state index contributed by atoms with van der Waals surface area (Å²) in [6, 6.07) is 0. The Kier molecular flexibility index (Phi) is 6.98. The lowest BCUT2D eigenvalue weighted by atomic mass is 10.3. The van der Waals surface area contributed by atoms with Crippen LogP contribution in [0.3, 0.4) is 0 Å². The maximum Gasteiger partial charge on any atom is 0.0466 e. The van der Waals surface area contributed by atoms with Crippen molar-refractivity contribution in [3.8, 4) is 0 Å². The lowest BCUT2D eigenvalue weighted by molar-refractivity contribution is 0.141. The molecule has 2 nitrogen and oxygen atoms in total. The molecule has 0 aliphatic heterocycles. The Morgan fingerprint density at radius 3 is 2.40 bits per heavy atom. The van der Waals surface area contributed by atoms with Gasteiger partial charge in [0.15, 0.2) is 0 Å². The van der Waals surface area contributed by atoms with Gasteiger partial charge < -0.3 is 9.64 Å². The minimum Gasteiger partial charge on any atom is -0.382 e. The lowest BCUT2D eigenvalue weighted by Crippen LogP contribution is -2.13. The van der Waals surface area contributed by atoms with Crippen LogP contribution in [0.2, 0.25) is 0 Å².